The van der Waals surface area contributed by atoms with Crippen LogP contribution < -0.4 is 10.6 Å². The molecule has 2 aromatic heterocycles. The van der Waals surface area contributed by atoms with Gasteiger partial charge >= 0.3 is 12.2 Å². The topological polar surface area (TPSA) is 184 Å². The molecule has 4 amide bonds. The summed E-state index contributed by atoms with van der Waals surface area (Å²) in [4.78, 5) is 74.9. The maximum absolute atomic E-state index is 14.3. The summed E-state index contributed by atoms with van der Waals surface area (Å²) in [6, 6.07) is 28.4. The van der Waals surface area contributed by atoms with Crippen LogP contribution in [0, 0.1) is 17.8 Å². The number of carbonyl (C=O) groups excluding carboxylic acids is 4. The predicted octanol–water partition coefficient (Wildman–Crippen LogP) is 10.6. The van der Waals surface area contributed by atoms with Crippen molar-refractivity contribution >= 4 is 67.6 Å². The quantitative estimate of drug-likeness (QED) is 0.109. The third kappa shape index (κ3) is 9.19. The van der Waals surface area contributed by atoms with Crippen LogP contribution in [-0.4, -0.2) is 99.3 Å². The number of ether oxygens (including phenoxy) is 3. The van der Waals surface area contributed by atoms with Gasteiger partial charge in [-0.25, -0.2) is 19.6 Å². The lowest BCUT2D eigenvalue weighted by molar-refractivity contribution is -0.137. The van der Waals surface area contributed by atoms with E-state index in [1.807, 2.05) is 60.0 Å². The van der Waals surface area contributed by atoms with Crippen LogP contribution in [-0.2, 0) is 23.8 Å². The summed E-state index contributed by atoms with van der Waals surface area (Å²) in [7, 11) is 4.56. The van der Waals surface area contributed by atoms with Crippen molar-refractivity contribution < 1.29 is 37.7 Å². The number of imidazole rings is 2. The van der Waals surface area contributed by atoms with Gasteiger partial charge in [0.25, 0.3) is 5.91 Å². The number of methoxy groups -OCH3 is 2. The Morgan fingerprint density at radius 2 is 1.33 bits per heavy atom. The number of piperidine rings is 1. The Balaban J connectivity index is 0.00000138. The molecule has 15 heteroatoms. The standard InChI is InChI=1S/C52H56N8O6.C2H6O.3H2/c1-27(2)41(57-50(63)65-7)49(62)60-40(26-36-28(3)45(36)60)47-54-38-22-18-33-25-31(16-20-35(33)44(38)56-47)30-15-19-34-32(24-30)17-21-37-43(34)55-46(53-37)39-14-11-23-59(39)48(61)42(29-12-9-8-10-13-29)58-51(64)66-52(4,5)6;1-3-2;;;/h8-10,12-13,15-22,24-25,27-28,36,39-42,45H,11,14,23,26H2,1-7H3,(H,53,55)(H,54,56)(H,57,63)(H,58,64);1-2H3;3*1H/t28?,36?,39-,40-,41-,42+,45?;;;;/m0..../s1. The van der Waals surface area contributed by atoms with Crippen molar-refractivity contribution in [2.45, 2.75) is 96.6 Å². The maximum Gasteiger partial charge on any atom is 0.408 e. The van der Waals surface area contributed by atoms with Gasteiger partial charge in [-0.3, -0.25) is 9.59 Å². The zero-order valence-corrected chi connectivity index (χ0v) is 40.8. The smallest absolute Gasteiger partial charge is 0.408 e. The summed E-state index contributed by atoms with van der Waals surface area (Å²) in [5.41, 5.74) is 5.58. The molecular weight excluding hydrogens is 873 g/mol. The second-order valence-electron chi connectivity index (χ2n) is 20.0. The van der Waals surface area contributed by atoms with Crippen molar-refractivity contribution in [1.29, 1.82) is 0 Å². The van der Waals surface area contributed by atoms with E-state index in [4.69, 9.17) is 19.4 Å². The van der Waals surface area contributed by atoms with Gasteiger partial charge in [-0.05, 0) is 110 Å². The number of carbonyl (C=O) groups is 4. The van der Waals surface area contributed by atoms with Crippen LogP contribution in [0.2, 0.25) is 0 Å². The second kappa shape index (κ2) is 18.8. The molecule has 3 unspecified atom stereocenters. The Morgan fingerprint density at radius 3 is 1.88 bits per heavy atom. The molecule has 15 nitrogen and oxygen atoms in total. The van der Waals surface area contributed by atoms with Gasteiger partial charge in [0.05, 0.1) is 41.3 Å². The molecule has 1 saturated carbocycles. The molecule has 5 aromatic carbocycles. The van der Waals surface area contributed by atoms with Gasteiger partial charge in [0, 0.05) is 41.9 Å². The number of alkyl carbamates (subject to hydrolysis) is 2. The van der Waals surface area contributed by atoms with Gasteiger partial charge in [-0.15, -0.1) is 0 Å². The molecule has 0 spiro atoms. The van der Waals surface area contributed by atoms with E-state index < -0.39 is 29.9 Å². The highest BCUT2D eigenvalue weighted by Gasteiger charge is 2.61. The number of rotatable bonds is 9. The molecule has 1 aliphatic carbocycles. The Labute approximate surface area is 406 Å². The summed E-state index contributed by atoms with van der Waals surface area (Å²) in [6.07, 6.45) is 1.10. The van der Waals surface area contributed by atoms with Crippen LogP contribution in [0.4, 0.5) is 9.59 Å². The van der Waals surface area contributed by atoms with E-state index >= 15 is 0 Å². The van der Waals surface area contributed by atoms with Gasteiger partial charge in [-0.2, -0.15) is 0 Å². The maximum atomic E-state index is 14.3. The third-order valence-corrected chi connectivity index (χ3v) is 13.8. The fraction of sp³-hybridized carbons (Fsp3) is 0.407. The molecule has 3 aliphatic rings. The van der Waals surface area contributed by atoms with Crippen molar-refractivity contribution in [2.75, 3.05) is 27.9 Å². The molecule has 4 heterocycles. The van der Waals surface area contributed by atoms with E-state index in [0.717, 1.165) is 79.8 Å². The molecule has 0 bridgehead atoms. The average Bonchev–Trinajstić information content (AvgIpc) is 3.97. The number of amides is 4. The minimum atomic E-state index is -0.917. The summed E-state index contributed by atoms with van der Waals surface area (Å²) in [6.45, 7) is 12.0. The van der Waals surface area contributed by atoms with Crippen LogP contribution in [0.15, 0.2) is 91.0 Å². The number of fused-ring (bicyclic) bond motifs is 7. The van der Waals surface area contributed by atoms with Crippen LogP contribution in [0.25, 0.3) is 54.7 Å². The number of likely N-dealkylation sites (tertiary alicyclic amines) is 2. The Kier molecular flexibility index (Phi) is 12.8. The predicted molar refractivity (Wildman–Crippen MR) is 273 cm³/mol. The van der Waals surface area contributed by atoms with E-state index in [-0.39, 0.29) is 40.1 Å². The van der Waals surface area contributed by atoms with Crippen LogP contribution >= 0.6 is 0 Å². The first-order valence-electron chi connectivity index (χ1n) is 23.9. The van der Waals surface area contributed by atoms with Crippen molar-refractivity contribution in [1.82, 2.24) is 40.4 Å². The van der Waals surface area contributed by atoms with E-state index in [2.05, 4.69) is 86.9 Å². The van der Waals surface area contributed by atoms with Crippen LogP contribution in [0.5, 0.6) is 0 Å². The molecule has 0 radical (unpaired) electrons. The van der Waals surface area contributed by atoms with Gasteiger partial charge in [-0.1, -0.05) is 87.5 Å². The van der Waals surface area contributed by atoms with Gasteiger partial charge in [0.15, 0.2) is 0 Å². The monoisotopic (exact) mass is 941 g/mol. The van der Waals surface area contributed by atoms with Gasteiger partial charge in [0.2, 0.25) is 5.91 Å². The van der Waals surface area contributed by atoms with Gasteiger partial charge in [0.1, 0.15) is 29.3 Å². The molecule has 7 atom stereocenters. The fourth-order valence-electron chi connectivity index (χ4n) is 10.5. The number of aromatic nitrogens is 4. The van der Waals surface area contributed by atoms with Gasteiger partial charge < -0.3 is 44.6 Å². The van der Waals surface area contributed by atoms with E-state index in [1.54, 1.807) is 35.0 Å². The lowest BCUT2D eigenvalue weighted by atomic mass is 9.98. The largest absolute Gasteiger partial charge is 0.453 e. The molecule has 4 N–H and O–H groups in total. The zero-order chi connectivity index (χ0) is 48.9. The molecule has 2 aliphatic heterocycles. The molecule has 10 rings (SSSR count). The lowest BCUT2D eigenvalue weighted by Gasteiger charge is -2.32. The first kappa shape index (κ1) is 47.1. The first-order valence-corrected chi connectivity index (χ1v) is 23.9. The number of aromatic amines is 2. The first-order chi connectivity index (χ1) is 33.1. The SMILES string of the molecule is COC.COC(=O)N[C@H](C(=O)N1C2C(C)C2C[C@H]1c1nc2c(ccc3cc(-c4ccc5c(ccc6[nH]c([C@@H]7CCCN7C(=O)[C@H](NC(=O)OC(C)(C)C)c7ccccc7)nc65)c4)ccc32)[nH]1)C(C)C.[HH].[HH].[HH]. The summed E-state index contributed by atoms with van der Waals surface area (Å²) >= 11 is 0. The normalized spacial score (nSPS) is 20.7. The Bertz CT molecular complexity index is 3080. The number of H-pyrrole nitrogens is 2. The molecular formula is C54H68N8O7. The van der Waals surface area contributed by atoms with Crippen LogP contribution in [0.1, 0.15) is 100 Å². The highest BCUT2D eigenvalue weighted by molar-refractivity contribution is 6.07. The average molecular weight is 941 g/mol. The number of hydrogen-bond donors (Lipinski definition) is 4. The molecule has 7 aromatic rings. The number of nitrogens with zero attached hydrogens (tertiary/aromatic N) is 4. The Morgan fingerprint density at radius 1 is 0.754 bits per heavy atom. The van der Waals surface area contributed by atoms with Crippen molar-refractivity contribution in [2.24, 2.45) is 17.8 Å². The minimum absolute atomic E-state index is 0. The van der Waals surface area contributed by atoms with E-state index in [1.165, 1.54) is 7.11 Å². The lowest BCUT2D eigenvalue weighted by Crippen LogP contribution is -2.52. The van der Waals surface area contributed by atoms with Crippen molar-refractivity contribution in [3.8, 4) is 11.1 Å². The number of benzene rings is 5. The third-order valence-electron chi connectivity index (χ3n) is 13.8. The van der Waals surface area contributed by atoms with E-state index in [9.17, 15) is 19.2 Å². The fourth-order valence-corrected chi connectivity index (χ4v) is 10.5. The van der Waals surface area contributed by atoms with Crippen LogP contribution in [0.3, 0.4) is 0 Å². The highest BCUT2D eigenvalue weighted by atomic mass is 16.6. The Hall–Kier alpha value is -7.00. The molecule has 3 fully saturated rings. The van der Waals surface area contributed by atoms with Crippen molar-refractivity contribution in [3.05, 3.63) is 108 Å². The second-order valence-corrected chi connectivity index (χ2v) is 20.0. The molecule has 2 saturated heterocycles. The zero-order valence-electron chi connectivity index (χ0n) is 40.8. The van der Waals surface area contributed by atoms with E-state index in [0.29, 0.717) is 29.8 Å². The summed E-state index contributed by atoms with van der Waals surface area (Å²) in [5.74, 6) is 1.83. The number of hydrogen-bond acceptors (Lipinski definition) is 9. The number of nitrogens with one attached hydrogen (secondary N) is 4. The molecule has 366 valence electrons. The highest BCUT2D eigenvalue weighted by Crippen LogP contribution is 2.57. The minimum Gasteiger partial charge on any atom is -0.453 e. The van der Waals surface area contributed by atoms with Crippen molar-refractivity contribution in [3.63, 3.8) is 0 Å². The summed E-state index contributed by atoms with van der Waals surface area (Å²) < 4.78 is 14.7. The molecule has 69 heavy (non-hydrogen) atoms. The summed E-state index contributed by atoms with van der Waals surface area (Å²) in [5, 5.41) is 9.73.